The first-order valence-corrected chi connectivity index (χ1v) is 5.59. The van der Waals surface area contributed by atoms with E-state index >= 15 is 0 Å². The van der Waals surface area contributed by atoms with Crippen LogP contribution in [0.5, 0.6) is 0 Å². The average molecular weight is 221 g/mol. The zero-order valence-electron chi connectivity index (χ0n) is 9.08. The molecule has 1 N–H and O–H groups in total. The van der Waals surface area contributed by atoms with Crippen molar-refractivity contribution >= 4 is 34.8 Å². The van der Waals surface area contributed by atoms with E-state index in [0.29, 0.717) is 0 Å². The Labute approximate surface area is 106 Å². The monoisotopic (exact) mass is 220 g/mol. The van der Waals surface area contributed by atoms with E-state index in [0.717, 1.165) is 6.42 Å². The highest BCUT2D eigenvalue weighted by molar-refractivity contribution is 8.10. The van der Waals surface area contributed by atoms with Crippen molar-refractivity contribution in [3.63, 3.8) is 0 Å². The van der Waals surface area contributed by atoms with Crippen molar-refractivity contribution in [1.29, 1.82) is 0 Å². The van der Waals surface area contributed by atoms with Gasteiger partial charge in [-0.15, -0.1) is 11.8 Å². The van der Waals surface area contributed by atoms with Crippen LogP contribution in [-0.2, 0) is 0 Å². The molecule has 2 aliphatic rings. The molecule has 1 aliphatic carbocycles. The van der Waals surface area contributed by atoms with Gasteiger partial charge in [0.15, 0.2) is 0 Å². The van der Waals surface area contributed by atoms with Crippen LogP contribution in [0.4, 0.5) is 0 Å². The van der Waals surface area contributed by atoms with Gasteiger partial charge in [0, 0.05) is 23.1 Å². The summed E-state index contributed by atoms with van der Waals surface area (Å²) in [5.74, 6) is 0. The summed E-state index contributed by atoms with van der Waals surface area (Å²) in [4.78, 5) is -0.624. The minimum atomic E-state index is -0.624. The Bertz CT molecular complexity index is 298. The van der Waals surface area contributed by atoms with E-state index in [9.17, 15) is 5.11 Å². The number of hydrogen-bond acceptors (Lipinski definition) is 2. The molecule has 2 radical (unpaired) electrons. The molecular weight excluding hydrogens is 204 g/mol. The third kappa shape index (κ3) is 1.40. The fourth-order valence-electron chi connectivity index (χ4n) is 2.02. The highest BCUT2D eigenvalue weighted by atomic mass is 32.2. The second-order valence-electron chi connectivity index (χ2n) is 4.49. The molecule has 0 aromatic carbocycles. The van der Waals surface area contributed by atoms with Gasteiger partial charge in [-0.2, -0.15) is 0 Å². The van der Waals surface area contributed by atoms with Gasteiger partial charge in [-0.1, -0.05) is 39.0 Å². The molecule has 0 spiro atoms. The number of rotatable bonds is 2. The van der Waals surface area contributed by atoms with Crippen molar-refractivity contribution in [2.24, 2.45) is 5.41 Å². The second kappa shape index (κ2) is 3.54. The second-order valence-corrected chi connectivity index (χ2v) is 5.96. The molecule has 0 saturated carbocycles. The number of allylic oxidation sites excluding steroid dienone is 2. The number of fused-ring (bicyclic) bond motifs is 1. The molecular formula is C11H16MgOS. The molecule has 1 fully saturated rings. The maximum atomic E-state index is 10.2. The summed E-state index contributed by atoms with van der Waals surface area (Å²) < 4.78 is -0.0660. The smallest absolute Gasteiger partial charge is 0.149 e. The Morgan fingerprint density at radius 2 is 1.86 bits per heavy atom. The van der Waals surface area contributed by atoms with Crippen LogP contribution in [0.25, 0.3) is 0 Å². The molecule has 2 rings (SSSR count). The van der Waals surface area contributed by atoms with Crippen LogP contribution in [0.3, 0.4) is 0 Å². The Balaban J connectivity index is 0.000000980. The number of aliphatic hydroxyl groups is 1. The van der Waals surface area contributed by atoms with Crippen LogP contribution in [0.1, 0.15) is 27.2 Å². The molecule has 1 saturated heterocycles. The maximum absolute atomic E-state index is 10.2. The predicted octanol–water partition coefficient (Wildman–Crippen LogP) is 2.34. The van der Waals surface area contributed by atoms with Gasteiger partial charge < -0.3 is 5.11 Å². The van der Waals surface area contributed by atoms with Crippen LogP contribution in [0.2, 0.25) is 0 Å². The summed E-state index contributed by atoms with van der Waals surface area (Å²) in [5.41, 5.74) is 0.160. The SMILES string of the molecule is CCC(C)(C)C12C=CC=CC1(O)S2.[Mg]. The molecule has 0 bridgehead atoms. The lowest BCUT2D eigenvalue weighted by atomic mass is 9.72. The maximum Gasteiger partial charge on any atom is 0.149 e. The summed E-state index contributed by atoms with van der Waals surface area (Å²) in [6.07, 6.45) is 9.13. The van der Waals surface area contributed by atoms with Gasteiger partial charge in [0.1, 0.15) is 4.93 Å². The molecule has 0 amide bonds. The van der Waals surface area contributed by atoms with E-state index in [1.807, 2.05) is 18.2 Å². The first-order chi connectivity index (χ1) is 5.97. The molecule has 1 heterocycles. The summed E-state index contributed by atoms with van der Waals surface area (Å²) in [6.45, 7) is 6.63. The zero-order valence-corrected chi connectivity index (χ0v) is 11.3. The van der Waals surface area contributed by atoms with E-state index in [1.165, 1.54) is 0 Å². The highest BCUT2D eigenvalue weighted by Crippen LogP contribution is 2.72. The van der Waals surface area contributed by atoms with Crippen molar-refractivity contribution in [3.05, 3.63) is 24.3 Å². The van der Waals surface area contributed by atoms with Gasteiger partial charge in [-0.25, -0.2) is 0 Å². The number of hydrogen-bond donors (Lipinski definition) is 1. The minimum absolute atomic E-state index is 0. The zero-order chi connectivity index (χ0) is 9.74. The van der Waals surface area contributed by atoms with Gasteiger partial charge in [-0.05, 0) is 17.9 Å². The summed E-state index contributed by atoms with van der Waals surface area (Å²) >= 11 is 1.66. The Hall–Kier alpha value is 0.556. The lowest BCUT2D eigenvalue weighted by molar-refractivity contribution is 0.136. The predicted molar refractivity (Wildman–Crippen MR) is 63.4 cm³/mol. The molecule has 2 atom stereocenters. The fourth-order valence-corrected chi connectivity index (χ4v) is 3.59. The van der Waals surface area contributed by atoms with Gasteiger partial charge >= 0.3 is 0 Å². The molecule has 74 valence electrons. The van der Waals surface area contributed by atoms with Crippen LogP contribution < -0.4 is 0 Å². The normalized spacial score (nSPS) is 38.9. The van der Waals surface area contributed by atoms with E-state index in [1.54, 1.807) is 11.8 Å². The Kier molecular flexibility index (Phi) is 3.20. The third-order valence-electron chi connectivity index (χ3n) is 3.46. The van der Waals surface area contributed by atoms with E-state index < -0.39 is 4.93 Å². The fraction of sp³-hybridized carbons (Fsp3) is 0.636. The van der Waals surface area contributed by atoms with Crippen molar-refractivity contribution < 1.29 is 5.11 Å². The largest absolute Gasteiger partial charge is 0.374 e. The molecule has 2 unspecified atom stereocenters. The van der Waals surface area contributed by atoms with Crippen molar-refractivity contribution in [2.45, 2.75) is 36.9 Å². The topological polar surface area (TPSA) is 20.2 Å². The molecule has 1 nitrogen and oxygen atoms in total. The molecule has 0 aromatic heterocycles. The van der Waals surface area contributed by atoms with Crippen LogP contribution >= 0.6 is 11.8 Å². The molecule has 1 aliphatic heterocycles. The van der Waals surface area contributed by atoms with Gasteiger partial charge in [0.05, 0.1) is 4.75 Å². The molecule has 3 heteroatoms. The van der Waals surface area contributed by atoms with Gasteiger partial charge in [-0.3, -0.25) is 0 Å². The Morgan fingerprint density at radius 1 is 1.29 bits per heavy atom. The van der Waals surface area contributed by atoms with E-state index in [2.05, 4.69) is 26.8 Å². The first-order valence-electron chi connectivity index (χ1n) is 4.77. The molecule has 0 aromatic rings. The lowest BCUT2D eigenvalue weighted by Gasteiger charge is -2.33. The standard InChI is InChI=1S/C11H16OS.Mg/c1-4-9(2,3)10-7-5-6-8-11(10,12)13-10;/h5-8,12H,4H2,1-3H3;. The first kappa shape index (κ1) is 12.6. The summed E-state index contributed by atoms with van der Waals surface area (Å²) in [5, 5.41) is 10.2. The number of thioether (sulfide) groups is 1. The summed E-state index contributed by atoms with van der Waals surface area (Å²) in [7, 11) is 0. The van der Waals surface area contributed by atoms with E-state index in [4.69, 9.17) is 0 Å². The lowest BCUT2D eigenvalue weighted by Crippen LogP contribution is -2.38. The van der Waals surface area contributed by atoms with Crippen LogP contribution in [0, 0.1) is 5.41 Å². The molecule has 14 heavy (non-hydrogen) atoms. The van der Waals surface area contributed by atoms with Crippen LogP contribution in [-0.4, -0.2) is 37.8 Å². The van der Waals surface area contributed by atoms with Crippen molar-refractivity contribution in [2.75, 3.05) is 0 Å². The Morgan fingerprint density at radius 3 is 2.36 bits per heavy atom. The third-order valence-corrected chi connectivity index (χ3v) is 5.35. The average Bonchev–Trinajstić information content (AvgIpc) is 2.73. The van der Waals surface area contributed by atoms with Gasteiger partial charge in [0.25, 0.3) is 0 Å². The van der Waals surface area contributed by atoms with Crippen molar-refractivity contribution in [1.82, 2.24) is 0 Å². The van der Waals surface area contributed by atoms with Crippen LogP contribution in [0.15, 0.2) is 24.3 Å². The highest BCUT2D eigenvalue weighted by Gasteiger charge is 2.72. The minimum Gasteiger partial charge on any atom is -0.374 e. The van der Waals surface area contributed by atoms with E-state index in [-0.39, 0.29) is 33.2 Å². The summed E-state index contributed by atoms with van der Waals surface area (Å²) in [6, 6.07) is 0. The van der Waals surface area contributed by atoms with Crippen molar-refractivity contribution in [3.8, 4) is 0 Å². The quantitative estimate of drug-likeness (QED) is 0.570. The van der Waals surface area contributed by atoms with Gasteiger partial charge in [0.2, 0.25) is 0 Å².